The summed E-state index contributed by atoms with van der Waals surface area (Å²) in [5.41, 5.74) is 0. The summed E-state index contributed by atoms with van der Waals surface area (Å²) in [5, 5.41) is 8.03. The summed E-state index contributed by atoms with van der Waals surface area (Å²) < 4.78 is 23.3. The molecule has 0 saturated carbocycles. The molecule has 23 heavy (non-hydrogen) atoms. The van der Waals surface area contributed by atoms with Crippen molar-refractivity contribution < 1.29 is 13.2 Å². The summed E-state index contributed by atoms with van der Waals surface area (Å²) in [6.07, 6.45) is 3.04. The van der Waals surface area contributed by atoms with Crippen LogP contribution in [0.15, 0.2) is 6.20 Å². The summed E-state index contributed by atoms with van der Waals surface area (Å²) in [7, 11) is -1.15. The third-order valence-electron chi connectivity index (χ3n) is 4.39. The van der Waals surface area contributed by atoms with Crippen LogP contribution in [0.4, 0.5) is 11.8 Å². The molecule has 2 fully saturated rings. The summed E-state index contributed by atoms with van der Waals surface area (Å²) in [6, 6.07) is -0.107. The predicted octanol–water partition coefficient (Wildman–Crippen LogP) is -1.23. The van der Waals surface area contributed by atoms with E-state index in [1.54, 1.807) is 23.0 Å². The van der Waals surface area contributed by atoms with Crippen LogP contribution in [-0.2, 0) is 14.6 Å². The number of aromatic nitrogens is 3. The fourth-order valence-corrected chi connectivity index (χ4v) is 4.66. The monoisotopic (exact) mass is 340 g/mol. The lowest BCUT2D eigenvalue weighted by atomic mass is 10.2. The molecule has 3 heterocycles. The van der Waals surface area contributed by atoms with Gasteiger partial charge in [-0.05, 0) is 6.42 Å². The number of amides is 1. The average Bonchev–Trinajstić information content (AvgIpc) is 2.94. The highest BCUT2D eigenvalue weighted by atomic mass is 32.2. The van der Waals surface area contributed by atoms with Gasteiger partial charge in [0.15, 0.2) is 15.7 Å². The SMILES string of the molecule is CN(c1nncc(N2CCN(C=O)CC2)n1)C1CCS(=O)(=O)C1. The topological polar surface area (TPSA) is 99.6 Å². The first-order valence-corrected chi connectivity index (χ1v) is 9.38. The van der Waals surface area contributed by atoms with E-state index >= 15 is 0 Å². The Bertz CT molecular complexity index is 674. The Balaban J connectivity index is 1.71. The first kappa shape index (κ1) is 15.9. The van der Waals surface area contributed by atoms with Crippen molar-refractivity contribution in [2.45, 2.75) is 12.5 Å². The molecular formula is C13H20N6O3S. The number of carbonyl (C=O) groups excluding carboxylic acids is 1. The molecule has 0 aliphatic carbocycles. The molecule has 0 aromatic carbocycles. The summed E-state index contributed by atoms with van der Waals surface area (Å²) in [5.74, 6) is 1.48. The van der Waals surface area contributed by atoms with Crippen LogP contribution < -0.4 is 9.80 Å². The smallest absolute Gasteiger partial charge is 0.247 e. The van der Waals surface area contributed by atoms with Gasteiger partial charge < -0.3 is 14.7 Å². The van der Waals surface area contributed by atoms with Crippen LogP contribution in [0, 0.1) is 0 Å². The Morgan fingerprint density at radius 2 is 2.04 bits per heavy atom. The predicted molar refractivity (Wildman–Crippen MR) is 85.1 cm³/mol. The lowest BCUT2D eigenvalue weighted by Crippen LogP contribution is -2.46. The lowest BCUT2D eigenvalue weighted by Gasteiger charge is -2.33. The second-order valence-corrected chi connectivity index (χ2v) is 8.14. The van der Waals surface area contributed by atoms with E-state index in [-0.39, 0.29) is 17.5 Å². The zero-order valence-electron chi connectivity index (χ0n) is 13.0. The minimum atomic E-state index is -2.95. The van der Waals surface area contributed by atoms with Gasteiger partial charge in [0.05, 0.1) is 17.7 Å². The zero-order chi connectivity index (χ0) is 16.4. The van der Waals surface area contributed by atoms with Gasteiger partial charge >= 0.3 is 0 Å². The molecule has 0 N–H and O–H groups in total. The van der Waals surface area contributed by atoms with Crippen LogP contribution in [0.2, 0.25) is 0 Å². The molecule has 9 nitrogen and oxygen atoms in total. The van der Waals surface area contributed by atoms with E-state index in [0.717, 1.165) is 6.41 Å². The Labute approximate surface area is 135 Å². The van der Waals surface area contributed by atoms with Crippen LogP contribution in [0.5, 0.6) is 0 Å². The van der Waals surface area contributed by atoms with E-state index in [0.29, 0.717) is 44.4 Å². The van der Waals surface area contributed by atoms with Gasteiger partial charge in [0.25, 0.3) is 0 Å². The highest BCUT2D eigenvalue weighted by Gasteiger charge is 2.32. The average molecular weight is 340 g/mol. The lowest BCUT2D eigenvalue weighted by molar-refractivity contribution is -0.118. The van der Waals surface area contributed by atoms with Gasteiger partial charge in [-0.15, -0.1) is 5.10 Å². The highest BCUT2D eigenvalue weighted by Crippen LogP contribution is 2.21. The normalized spacial score (nSPS) is 23.8. The number of carbonyl (C=O) groups is 1. The standard InChI is InChI=1S/C13H20N6O3S/c1-17(11-2-7-23(21,22)9-11)13-15-12(8-14-16-13)19-5-3-18(10-20)4-6-19/h8,10-11H,2-7,9H2,1H3. The van der Waals surface area contributed by atoms with Crippen LogP contribution in [-0.4, -0.2) is 85.7 Å². The van der Waals surface area contributed by atoms with Crippen molar-refractivity contribution in [3.8, 4) is 0 Å². The Morgan fingerprint density at radius 1 is 1.30 bits per heavy atom. The molecule has 3 rings (SSSR count). The number of anilines is 2. The van der Waals surface area contributed by atoms with Crippen molar-refractivity contribution in [1.82, 2.24) is 20.1 Å². The van der Waals surface area contributed by atoms with Gasteiger partial charge in [-0.3, -0.25) is 4.79 Å². The van der Waals surface area contributed by atoms with E-state index in [1.807, 2.05) is 0 Å². The Morgan fingerprint density at radius 3 is 2.65 bits per heavy atom. The molecule has 1 unspecified atom stereocenters. The molecular weight excluding hydrogens is 320 g/mol. The molecule has 2 aliphatic heterocycles. The molecule has 0 spiro atoms. The molecule has 126 valence electrons. The second-order valence-electron chi connectivity index (χ2n) is 5.91. The van der Waals surface area contributed by atoms with Gasteiger partial charge in [-0.25, -0.2) is 8.42 Å². The molecule has 0 bridgehead atoms. The van der Waals surface area contributed by atoms with E-state index < -0.39 is 9.84 Å². The van der Waals surface area contributed by atoms with Crippen molar-refractivity contribution in [2.24, 2.45) is 0 Å². The van der Waals surface area contributed by atoms with E-state index in [4.69, 9.17) is 0 Å². The van der Waals surface area contributed by atoms with Gasteiger partial charge in [0.1, 0.15) is 0 Å². The van der Waals surface area contributed by atoms with Crippen molar-refractivity contribution in [2.75, 3.05) is 54.5 Å². The maximum atomic E-state index is 11.6. The Kier molecular flexibility index (Phi) is 4.33. The molecule has 10 heteroatoms. The van der Waals surface area contributed by atoms with E-state index in [9.17, 15) is 13.2 Å². The largest absolute Gasteiger partial charge is 0.352 e. The zero-order valence-corrected chi connectivity index (χ0v) is 13.8. The first-order valence-electron chi connectivity index (χ1n) is 7.56. The number of piperazine rings is 1. The maximum Gasteiger partial charge on any atom is 0.247 e. The molecule has 2 aliphatic rings. The van der Waals surface area contributed by atoms with Gasteiger partial charge in [-0.1, -0.05) is 0 Å². The fraction of sp³-hybridized carbons (Fsp3) is 0.692. The number of hydrogen-bond donors (Lipinski definition) is 0. The van der Waals surface area contributed by atoms with Crippen LogP contribution in [0.3, 0.4) is 0 Å². The molecule has 1 atom stereocenters. The third-order valence-corrected chi connectivity index (χ3v) is 6.14. The van der Waals surface area contributed by atoms with Crippen molar-refractivity contribution in [1.29, 1.82) is 0 Å². The van der Waals surface area contributed by atoms with Crippen molar-refractivity contribution in [3.05, 3.63) is 6.20 Å². The summed E-state index contributed by atoms with van der Waals surface area (Å²) >= 11 is 0. The summed E-state index contributed by atoms with van der Waals surface area (Å²) in [4.78, 5) is 20.8. The van der Waals surface area contributed by atoms with Crippen LogP contribution >= 0.6 is 0 Å². The maximum absolute atomic E-state index is 11.6. The van der Waals surface area contributed by atoms with Crippen molar-refractivity contribution in [3.63, 3.8) is 0 Å². The number of rotatable bonds is 4. The van der Waals surface area contributed by atoms with E-state index in [1.165, 1.54) is 0 Å². The van der Waals surface area contributed by atoms with Gasteiger partial charge in [-0.2, -0.15) is 10.1 Å². The number of nitrogens with zero attached hydrogens (tertiary/aromatic N) is 6. The van der Waals surface area contributed by atoms with Crippen LogP contribution in [0.1, 0.15) is 6.42 Å². The molecule has 0 radical (unpaired) electrons. The number of sulfone groups is 1. The number of hydrogen-bond acceptors (Lipinski definition) is 8. The minimum absolute atomic E-state index is 0.107. The third kappa shape index (κ3) is 3.52. The molecule has 2 saturated heterocycles. The minimum Gasteiger partial charge on any atom is -0.352 e. The molecule has 1 aromatic heterocycles. The van der Waals surface area contributed by atoms with Crippen molar-refractivity contribution >= 4 is 28.0 Å². The summed E-state index contributed by atoms with van der Waals surface area (Å²) in [6.45, 7) is 2.69. The quantitative estimate of drug-likeness (QED) is 0.629. The molecule has 1 aromatic rings. The second kappa shape index (κ2) is 6.26. The van der Waals surface area contributed by atoms with Gasteiger partial charge in [0.2, 0.25) is 12.4 Å². The fourth-order valence-electron chi connectivity index (χ4n) is 2.89. The highest BCUT2D eigenvalue weighted by molar-refractivity contribution is 7.91. The van der Waals surface area contributed by atoms with Gasteiger partial charge in [0, 0.05) is 39.3 Å². The molecule has 1 amide bonds. The van der Waals surface area contributed by atoms with Crippen LogP contribution in [0.25, 0.3) is 0 Å². The first-order chi connectivity index (χ1) is 11.0. The van der Waals surface area contributed by atoms with E-state index in [2.05, 4.69) is 20.1 Å². The Hall–Kier alpha value is -1.97.